The van der Waals surface area contributed by atoms with E-state index >= 15 is 0 Å². The van der Waals surface area contributed by atoms with Crippen LogP contribution in [0.5, 0.6) is 5.75 Å². The van der Waals surface area contributed by atoms with Crippen molar-refractivity contribution < 1.29 is 14.1 Å². The number of carbonyl (C=O) groups excluding carboxylic acids is 1. The van der Waals surface area contributed by atoms with Crippen LogP contribution in [0.4, 0.5) is 5.69 Å². The number of anilines is 1. The van der Waals surface area contributed by atoms with Gasteiger partial charge in [0.1, 0.15) is 11.5 Å². The Morgan fingerprint density at radius 1 is 1.12 bits per heavy atom. The van der Waals surface area contributed by atoms with Crippen LogP contribution in [0.2, 0.25) is 10.0 Å². The Balaban J connectivity index is 1.39. The molecule has 2 aromatic carbocycles. The second-order valence-electron chi connectivity index (χ2n) is 8.90. The molecule has 0 aliphatic carbocycles. The van der Waals surface area contributed by atoms with Crippen molar-refractivity contribution in [1.82, 2.24) is 10.1 Å². The summed E-state index contributed by atoms with van der Waals surface area (Å²) in [6.07, 6.45) is 1.88. The highest BCUT2D eigenvalue weighted by Gasteiger charge is 2.47. The molecule has 1 amide bonds. The fourth-order valence-electron chi connectivity index (χ4n) is 5.02. The van der Waals surface area contributed by atoms with Crippen molar-refractivity contribution in [3.05, 3.63) is 75.1 Å². The van der Waals surface area contributed by atoms with Crippen molar-refractivity contribution in [2.24, 2.45) is 0 Å². The van der Waals surface area contributed by atoms with Crippen molar-refractivity contribution >= 4 is 34.8 Å². The molecule has 0 unspecified atom stereocenters. The van der Waals surface area contributed by atoms with E-state index in [4.69, 9.17) is 32.5 Å². The van der Waals surface area contributed by atoms with Crippen LogP contribution in [0, 0.1) is 6.92 Å². The highest BCUT2D eigenvalue weighted by atomic mass is 35.5. The van der Waals surface area contributed by atoms with Crippen LogP contribution in [0.15, 0.2) is 47.0 Å². The highest BCUT2D eigenvalue weighted by Crippen LogP contribution is 2.48. The van der Waals surface area contributed by atoms with Gasteiger partial charge >= 0.3 is 0 Å². The van der Waals surface area contributed by atoms with Crippen molar-refractivity contribution in [2.45, 2.75) is 31.7 Å². The summed E-state index contributed by atoms with van der Waals surface area (Å²) in [4.78, 5) is 17.6. The summed E-state index contributed by atoms with van der Waals surface area (Å²) in [6, 6.07) is 13.5. The third-order valence-corrected chi connectivity index (χ3v) is 7.56. The largest absolute Gasteiger partial charge is 0.497 e. The van der Waals surface area contributed by atoms with Gasteiger partial charge in [0.25, 0.3) is 5.91 Å². The fraction of sp³-hybridized carbons (Fsp3) is 0.360. The average molecular weight is 486 g/mol. The molecule has 0 atom stereocenters. The van der Waals surface area contributed by atoms with E-state index in [1.807, 2.05) is 35.2 Å². The van der Waals surface area contributed by atoms with Crippen LogP contribution >= 0.6 is 23.2 Å². The number of ether oxygens (including phenoxy) is 1. The quantitative estimate of drug-likeness (QED) is 0.488. The fourth-order valence-corrected chi connectivity index (χ4v) is 5.35. The molecule has 172 valence electrons. The third-order valence-electron chi connectivity index (χ3n) is 6.82. The number of fused-ring (bicyclic) bond motifs is 2. The summed E-state index contributed by atoms with van der Waals surface area (Å²) in [5.41, 5.74) is 3.46. The van der Waals surface area contributed by atoms with Crippen molar-refractivity contribution in [3.63, 3.8) is 0 Å². The zero-order valence-electron chi connectivity index (χ0n) is 18.6. The average Bonchev–Trinajstić information content (AvgIpc) is 3.39. The number of hydrogen-bond acceptors (Lipinski definition) is 5. The van der Waals surface area contributed by atoms with E-state index in [1.54, 1.807) is 20.1 Å². The molecule has 8 heteroatoms. The molecule has 1 fully saturated rings. The van der Waals surface area contributed by atoms with Crippen LogP contribution in [0.3, 0.4) is 0 Å². The number of aromatic nitrogens is 1. The van der Waals surface area contributed by atoms with Crippen molar-refractivity contribution in [3.8, 4) is 5.75 Å². The van der Waals surface area contributed by atoms with Gasteiger partial charge in [-0.1, -0.05) is 34.4 Å². The molecule has 2 aliphatic heterocycles. The second kappa shape index (κ2) is 8.67. The predicted octanol–water partition coefficient (Wildman–Crippen LogP) is 5.49. The lowest BCUT2D eigenvalue weighted by molar-refractivity contribution is 0.0967. The van der Waals surface area contributed by atoms with E-state index in [0.717, 1.165) is 49.5 Å². The van der Waals surface area contributed by atoms with E-state index in [9.17, 15) is 4.79 Å². The number of rotatable bonds is 4. The Morgan fingerprint density at radius 2 is 1.91 bits per heavy atom. The molecule has 2 aliphatic rings. The third kappa shape index (κ3) is 4.12. The van der Waals surface area contributed by atoms with Crippen LogP contribution in [-0.2, 0) is 12.0 Å². The van der Waals surface area contributed by atoms with E-state index in [0.29, 0.717) is 28.0 Å². The first kappa shape index (κ1) is 22.3. The highest BCUT2D eigenvalue weighted by molar-refractivity contribution is 6.42. The molecule has 3 heterocycles. The molecule has 1 aromatic heterocycles. The minimum atomic E-state index is -0.131. The first-order valence-electron chi connectivity index (χ1n) is 11.0. The topological polar surface area (TPSA) is 58.8 Å². The van der Waals surface area contributed by atoms with Crippen LogP contribution in [0.25, 0.3) is 0 Å². The van der Waals surface area contributed by atoms with E-state index in [1.165, 1.54) is 5.56 Å². The number of benzene rings is 2. The number of aryl methyl sites for hydroxylation is 1. The summed E-state index contributed by atoms with van der Waals surface area (Å²) in [6.45, 7) is 5.07. The first-order valence-corrected chi connectivity index (χ1v) is 11.7. The van der Waals surface area contributed by atoms with Gasteiger partial charge in [-0.15, -0.1) is 0 Å². The number of carbonyl (C=O) groups is 1. The predicted molar refractivity (Wildman–Crippen MR) is 129 cm³/mol. The second-order valence-corrected chi connectivity index (χ2v) is 9.72. The Kier molecular flexibility index (Phi) is 5.85. The minimum Gasteiger partial charge on any atom is -0.497 e. The molecule has 33 heavy (non-hydrogen) atoms. The molecular formula is C25H25Cl2N3O3. The monoisotopic (exact) mass is 485 g/mol. The van der Waals surface area contributed by atoms with Crippen LogP contribution < -0.4 is 9.64 Å². The summed E-state index contributed by atoms with van der Waals surface area (Å²) in [5.74, 6) is 1.30. The molecule has 3 aromatic rings. The Hall–Kier alpha value is -2.54. The number of likely N-dealkylation sites (tertiary alicyclic amines) is 1. The van der Waals surface area contributed by atoms with Gasteiger partial charge in [0.05, 0.1) is 17.2 Å². The lowest BCUT2D eigenvalue weighted by Crippen LogP contribution is -2.45. The van der Waals surface area contributed by atoms with Crippen LogP contribution in [-0.4, -0.2) is 42.7 Å². The van der Waals surface area contributed by atoms with Gasteiger partial charge in [-0.05, 0) is 74.3 Å². The standard InChI is InChI=1S/C25H25Cl2N3O3/c1-16-11-22(28-33-16)24(31)30-15-25(19-13-18(32-2)4-6-23(19)30)7-9-29(10-8-25)14-17-3-5-20(26)21(27)12-17/h3-6,11-13H,7-10,14-15H2,1-2H3. The molecule has 1 spiro atoms. The van der Waals surface area contributed by atoms with Crippen LogP contribution in [0.1, 0.15) is 40.2 Å². The maximum absolute atomic E-state index is 13.3. The Morgan fingerprint density at radius 3 is 2.58 bits per heavy atom. The molecule has 0 radical (unpaired) electrons. The molecular weight excluding hydrogens is 461 g/mol. The summed E-state index contributed by atoms with van der Waals surface area (Å²) < 4.78 is 10.7. The molecule has 5 rings (SSSR count). The zero-order valence-corrected chi connectivity index (χ0v) is 20.1. The number of hydrogen-bond donors (Lipinski definition) is 0. The van der Waals surface area contributed by atoms with Gasteiger partial charge in [0.15, 0.2) is 5.69 Å². The number of halogens is 2. The van der Waals surface area contributed by atoms with E-state index in [-0.39, 0.29) is 11.3 Å². The summed E-state index contributed by atoms with van der Waals surface area (Å²) in [5, 5.41) is 5.10. The van der Waals surface area contributed by atoms with E-state index < -0.39 is 0 Å². The summed E-state index contributed by atoms with van der Waals surface area (Å²) in [7, 11) is 1.67. The van der Waals surface area contributed by atoms with Crippen molar-refractivity contribution in [2.75, 3.05) is 31.6 Å². The molecule has 6 nitrogen and oxygen atoms in total. The minimum absolute atomic E-state index is 0.119. The van der Waals surface area contributed by atoms with Gasteiger partial charge in [-0.3, -0.25) is 9.69 Å². The Bertz CT molecular complexity index is 1200. The summed E-state index contributed by atoms with van der Waals surface area (Å²) >= 11 is 12.3. The maximum Gasteiger partial charge on any atom is 0.280 e. The van der Waals surface area contributed by atoms with Crippen molar-refractivity contribution in [1.29, 1.82) is 0 Å². The number of piperidine rings is 1. The SMILES string of the molecule is COc1ccc2c(c1)C1(CCN(Cc3ccc(Cl)c(Cl)c3)CC1)CN2C(=O)c1cc(C)on1. The van der Waals surface area contributed by atoms with E-state index in [2.05, 4.69) is 16.1 Å². The lowest BCUT2D eigenvalue weighted by Gasteiger charge is -2.40. The van der Waals surface area contributed by atoms with Gasteiger partial charge in [0, 0.05) is 30.3 Å². The first-order chi connectivity index (χ1) is 15.9. The molecule has 0 N–H and O–H groups in total. The molecule has 1 saturated heterocycles. The van der Waals surface area contributed by atoms with Gasteiger partial charge in [-0.2, -0.15) is 0 Å². The maximum atomic E-state index is 13.3. The number of nitrogens with zero attached hydrogens (tertiary/aromatic N) is 3. The number of methoxy groups -OCH3 is 1. The number of amides is 1. The van der Waals surface area contributed by atoms with Gasteiger partial charge in [-0.25, -0.2) is 0 Å². The smallest absolute Gasteiger partial charge is 0.280 e. The lowest BCUT2D eigenvalue weighted by atomic mass is 9.74. The Labute approximate surface area is 203 Å². The molecule has 0 saturated carbocycles. The van der Waals surface area contributed by atoms with Gasteiger partial charge in [0.2, 0.25) is 0 Å². The normalized spacial score (nSPS) is 17.4. The van der Waals surface area contributed by atoms with Gasteiger partial charge < -0.3 is 14.2 Å². The zero-order chi connectivity index (χ0) is 23.2. The molecule has 0 bridgehead atoms.